The van der Waals surface area contributed by atoms with E-state index in [0.29, 0.717) is 47.4 Å². The van der Waals surface area contributed by atoms with Crippen LogP contribution in [0.25, 0.3) is 21.8 Å². The molecule has 1 unspecified atom stereocenters. The molecule has 3 fully saturated rings. The highest BCUT2D eigenvalue weighted by Crippen LogP contribution is 2.42. The van der Waals surface area contributed by atoms with Crippen molar-refractivity contribution in [3.8, 4) is 27.6 Å². The Morgan fingerprint density at radius 2 is 1.78 bits per heavy atom. The number of halogens is 1. The molecule has 3 N–H and O–H groups in total. The highest BCUT2D eigenvalue weighted by molar-refractivity contribution is 7.92. The fourth-order valence-corrected chi connectivity index (χ4v) is 10.7. The molecule has 2 atom stereocenters. The lowest BCUT2D eigenvalue weighted by Crippen LogP contribution is -2.39. The number of ether oxygens (including phenoxy) is 1. The van der Waals surface area contributed by atoms with Crippen molar-refractivity contribution in [2.75, 3.05) is 53.4 Å². The van der Waals surface area contributed by atoms with E-state index in [4.69, 9.17) is 19.7 Å². The van der Waals surface area contributed by atoms with Gasteiger partial charge in [-0.05, 0) is 92.9 Å². The van der Waals surface area contributed by atoms with E-state index >= 15 is 4.39 Å². The molecule has 6 heterocycles. The Kier molecular flexibility index (Phi) is 13.6. The molecule has 0 saturated carbocycles. The number of amides is 2. The minimum Gasteiger partial charge on any atom is -0.490 e. The second kappa shape index (κ2) is 19.3. The van der Waals surface area contributed by atoms with Crippen molar-refractivity contribution in [2.45, 2.75) is 90.1 Å². The molecule has 0 radical (unpaired) electrons. The Hall–Kier alpha value is -5.52. The van der Waals surface area contributed by atoms with E-state index in [-0.39, 0.29) is 46.3 Å². The van der Waals surface area contributed by atoms with Crippen LogP contribution in [0.1, 0.15) is 89.1 Å². The smallest absolute Gasteiger partial charge is 0.234 e. The monoisotopic (exact) mass is 909 g/mol. The van der Waals surface area contributed by atoms with Gasteiger partial charge in [0.15, 0.2) is 5.82 Å². The molecular formula is C47H56FN9O5S2. The summed E-state index contributed by atoms with van der Waals surface area (Å²) in [5, 5.41) is 6.54. The predicted octanol–water partition coefficient (Wildman–Crippen LogP) is 8.27. The van der Waals surface area contributed by atoms with E-state index in [1.54, 1.807) is 37.5 Å². The van der Waals surface area contributed by atoms with Gasteiger partial charge in [0.2, 0.25) is 27.8 Å². The maximum absolute atomic E-state index is 16.1. The number of anilines is 4. The van der Waals surface area contributed by atoms with Gasteiger partial charge in [-0.1, -0.05) is 45.9 Å². The number of imide groups is 1. The zero-order valence-corrected chi connectivity index (χ0v) is 38.4. The number of hydrogen-bond acceptors (Lipinski definition) is 13. The van der Waals surface area contributed by atoms with Crippen molar-refractivity contribution in [1.82, 2.24) is 30.2 Å². The summed E-state index contributed by atoms with van der Waals surface area (Å²) in [5.74, 6) is 1.06. The molecule has 17 heteroatoms. The zero-order chi connectivity index (χ0) is 45.0. The summed E-state index contributed by atoms with van der Waals surface area (Å²) in [5.41, 5.74) is 2.26. The number of carbonyl (C=O) groups is 2. The molecule has 3 aliphatic heterocycles. The first-order valence-corrected chi connectivity index (χ1v) is 24.6. The Morgan fingerprint density at radius 3 is 2.53 bits per heavy atom. The van der Waals surface area contributed by atoms with Crippen molar-refractivity contribution in [2.24, 2.45) is 5.92 Å². The van der Waals surface area contributed by atoms with Gasteiger partial charge < -0.3 is 19.9 Å². The van der Waals surface area contributed by atoms with E-state index in [1.807, 2.05) is 57.2 Å². The summed E-state index contributed by atoms with van der Waals surface area (Å²) in [6, 6.07) is 18.2. The molecule has 2 amide bonds. The number of aromatic nitrogens is 4. The van der Waals surface area contributed by atoms with Crippen LogP contribution in [-0.2, 0) is 25.0 Å². The summed E-state index contributed by atoms with van der Waals surface area (Å²) in [6.45, 7) is 12.8. The van der Waals surface area contributed by atoms with Crippen molar-refractivity contribution in [1.29, 1.82) is 0 Å². The van der Waals surface area contributed by atoms with Crippen LogP contribution >= 0.6 is 11.3 Å². The quantitative estimate of drug-likeness (QED) is 0.0861. The van der Waals surface area contributed by atoms with Gasteiger partial charge in [-0.15, -0.1) is 11.3 Å². The SMILES string of the molecule is CCCS(=O)(=O)Nc1cccc(-c2nc(C(C)(C)C)sc2-c2ccnc(Nc3cccc(OC4CCN(CC[C@H]5CCN(c6ccc(C7CCC(=O)NC7=O)cn6)C5)CC4)c3)n2)c1F. The fraction of sp³-hybridized carbons (Fsp3) is 0.447. The molecule has 14 nitrogen and oxygen atoms in total. The molecule has 8 rings (SSSR count). The number of benzene rings is 2. The first kappa shape index (κ1) is 45.1. The second-order valence-electron chi connectivity index (χ2n) is 18.0. The molecule has 338 valence electrons. The van der Waals surface area contributed by atoms with Crippen LogP contribution in [0.4, 0.5) is 27.5 Å². The van der Waals surface area contributed by atoms with Gasteiger partial charge in [0.1, 0.15) is 17.7 Å². The van der Waals surface area contributed by atoms with Crippen molar-refractivity contribution >= 4 is 56.3 Å². The molecule has 5 aromatic rings. The lowest BCUT2D eigenvalue weighted by Gasteiger charge is -2.32. The molecule has 64 heavy (non-hydrogen) atoms. The second-order valence-corrected chi connectivity index (χ2v) is 20.8. The van der Waals surface area contributed by atoms with Crippen LogP contribution in [0.2, 0.25) is 0 Å². The van der Waals surface area contributed by atoms with E-state index in [0.717, 1.165) is 86.2 Å². The van der Waals surface area contributed by atoms with Crippen LogP contribution in [0.15, 0.2) is 73.1 Å². The largest absolute Gasteiger partial charge is 0.490 e. The van der Waals surface area contributed by atoms with E-state index in [1.165, 1.54) is 17.4 Å². The van der Waals surface area contributed by atoms with Crippen LogP contribution in [-0.4, -0.2) is 89.6 Å². The molecule has 3 aromatic heterocycles. The average Bonchev–Trinajstić information content (AvgIpc) is 3.94. The first-order chi connectivity index (χ1) is 30.7. The minimum atomic E-state index is -3.72. The summed E-state index contributed by atoms with van der Waals surface area (Å²) < 4.78 is 50.1. The van der Waals surface area contributed by atoms with Gasteiger partial charge in [0.25, 0.3) is 0 Å². The molecule has 0 aliphatic carbocycles. The Bertz CT molecular complexity index is 2580. The standard InChI is InChI=1S/C47H56FN9O5S2/c1-5-26-64(60,61)55-37-11-7-10-36(41(37)48)42-43(63-45(54-42)47(2,3)4)38-16-21-49-46(52-38)51-32-8-6-9-34(27-32)62-33-19-23-56(24-20-33)22-17-30-18-25-57(29-30)39-14-12-31(28-50-39)35-13-15-40(58)53-44(35)59/h6-12,14,16,21,27-28,30,33,35,55H,5,13,15,17-20,22-26,29H2,1-4H3,(H,49,51,52)(H,53,58,59)/t30-,35?/m0/s1. The lowest BCUT2D eigenvalue weighted by molar-refractivity contribution is -0.134. The summed E-state index contributed by atoms with van der Waals surface area (Å²) >= 11 is 1.42. The van der Waals surface area contributed by atoms with Crippen molar-refractivity contribution < 1.29 is 27.1 Å². The Morgan fingerprint density at radius 1 is 0.969 bits per heavy atom. The molecule has 2 aromatic carbocycles. The third kappa shape index (κ3) is 10.9. The van der Waals surface area contributed by atoms with E-state index in [2.05, 4.69) is 30.1 Å². The molecule has 3 aliphatic rings. The number of pyridine rings is 1. The van der Waals surface area contributed by atoms with E-state index < -0.39 is 15.8 Å². The minimum absolute atomic E-state index is 0.102. The number of carbonyl (C=O) groups excluding carboxylic acids is 2. The Balaban J connectivity index is 0.848. The zero-order valence-electron chi connectivity index (χ0n) is 36.8. The normalized spacial score (nSPS) is 18.9. The lowest BCUT2D eigenvalue weighted by atomic mass is 9.92. The molecule has 0 spiro atoms. The maximum atomic E-state index is 16.1. The fourth-order valence-electron chi connectivity index (χ4n) is 8.49. The van der Waals surface area contributed by atoms with Crippen molar-refractivity contribution in [3.05, 3.63) is 89.4 Å². The van der Waals surface area contributed by atoms with Crippen LogP contribution in [0.5, 0.6) is 5.75 Å². The van der Waals surface area contributed by atoms with Gasteiger partial charge in [-0.3, -0.25) is 19.6 Å². The van der Waals surface area contributed by atoms with Crippen LogP contribution in [0, 0.1) is 11.7 Å². The van der Waals surface area contributed by atoms with E-state index in [9.17, 15) is 18.0 Å². The van der Waals surface area contributed by atoms with Crippen LogP contribution < -0.4 is 25.0 Å². The number of rotatable bonds is 15. The third-order valence-electron chi connectivity index (χ3n) is 12.0. The molecule has 0 bridgehead atoms. The molecule has 3 saturated heterocycles. The van der Waals surface area contributed by atoms with Crippen LogP contribution in [0.3, 0.4) is 0 Å². The van der Waals surface area contributed by atoms with Gasteiger partial charge in [-0.2, -0.15) is 0 Å². The Labute approximate surface area is 378 Å². The number of sulfonamides is 1. The van der Waals surface area contributed by atoms with Gasteiger partial charge in [0, 0.05) is 67.7 Å². The number of nitrogens with zero attached hydrogens (tertiary/aromatic N) is 6. The summed E-state index contributed by atoms with van der Waals surface area (Å²) in [4.78, 5) is 48.3. The first-order valence-electron chi connectivity index (χ1n) is 22.2. The van der Waals surface area contributed by atoms with Crippen molar-refractivity contribution in [3.63, 3.8) is 0 Å². The topological polar surface area (TPSA) is 172 Å². The highest BCUT2D eigenvalue weighted by Gasteiger charge is 2.31. The number of hydrogen-bond donors (Lipinski definition) is 3. The maximum Gasteiger partial charge on any atom is 0.234 e. The number of thiazole rings is 1. The summed E-state index contributed by atoms with van der Waals surface area (Å²) in [7, 11) is -3.72. The summed E-state index contributed by atoms with van der Waals surface area (Å²) in [6.07, 6.45) is 8.95. The van der Waals surface area contributed by atoms with Gasteiger partial charge in [-0.25, -0.2) is 32.7 Å². The predicted molar refractivity (Wildman–Crippen MR) is 249 cm³/mol. The van der Waals surface area contributed by atoms with Gasteiger partial charge in [0.05, 0.1) is 38.6 Å². The van der Waals surface area contributed by atoms with Gasteiger partial charge >= 0.3 is 0 Å². The average molecular weight is 910 g/mol. The number of nitrogens with one attached hydrogen (secondary N) is 3. The third-order valence-corrected chi connectivity index (χ3v) is 14.9. The molecular weight excluding hydrogens is 854 g/mol. The highest BCUT2D eigenvalue weighted by atomic mass is 32.2. The number of likely N-dealkylation sites (tertiary alicyclic amines) is 1. The number of piperidine rings is 2.